The first kappa shape index (κ1) is 15.4. The number of carbonyl (C=O) groups excluding carboxylic acids is 2. The molecule has 0 N–H and O–H groups in total. The second-order valence-electron chi connectivity index (χ2n) is 6.39. The first-order chi connectivity index (χ1) is 10.4. The Kier molecular flexibility index (Phi) is 3.53. The van der Waals surface area contributed by atoms with E-state index in [0.29, 0.717) is 25.0 Å². The lowest BCUT2D eigenvalue weighted by Crippen LogP contribution is -2.71. The number of Topliss-reactive ketones (excluding diaryl/α,β-unsaturated/α-hetero) is 1. The highest BCUT2D eigenvalue weighted by atomic mass is 16.7. The lowest BCUT2D eigenvalue weighted by atomic mass is 9.49. The Hall–Kier alpha value is -1.46. The van der Waals surface area contributed by atoms with Gasteiger partial charge in [-0.1, -0.05) is 18.2 Å². The van der Waals surface area contributed by atoms with Crippen LogP contribution in [0.4, 0.5) is 0 Å². The Morgan fingerprint density at radius 3 is 2.77 bits per heavy atom. The zero-order valence-electron chi connectivity index (χ0n) is 13.3. The van der Waals surface area contributed by atoms with E-state index in [1.54, 1.807) is 0 Å². The van der Waals surface area contributed by atoms with Gasteiger partial charge < -0.3 is 14.2 Å². The number of hydrogen-bond donors (Lipinski definition) is 0. The Bertz CT molecular complexity index is 578. The summed E-state index contributed by atoms with van der Waals surface area (Å²) >= 11 is 0. The van der Waals surface area contributed by atoms with E-state index in [9.17, 15) is 9.59 Å². The summed E-state index contributed by atoms with van der Waals surface area (Å²) in [7, 11) is 2.88. The van der Waals surface area contributed by atoms with Gasteiger partial charge in [0.2, 0.25) is 0 Å². The fraction of sp³-hybridized carbons (Fsp3) is 0.647. The molecule has 2 fully saturated rings. The van der Waals surface area contributed by atoms with Crippen molar-refractivity contribution >= 4 is 11.8 Å². The van der Waals surface area contributed by atoms with E-state index < -0.39 is 23.1 Å². The molecule has 0 aromatic rings. The molecule has 3 aliphatic rings. The molecule has 0 aromatic heterocycles. The van der Waals surface area contributed by atoms with Crippen molar-refractivity contribution in [2.24, 2.45) is 17.3 Å². The van der Waals surface area contributed by atoms with Gasteiger partial charge in [0.05, 0.1) is 13.7 Å². The minimum atomic E-state index is -1.17. The third kappa shape index (κ3) is 1.61. The number of esters is 1. The fourth-order valence-corrected chi connectivity index (χ4v) is 4.72. The largest absolute Gasteiger partial charge is 0.468 e. The molecule has 1 aliphatic heterocycles. The van der Waals surface area contributed by atoms with Crippen LogP contribution >= 0.6 is 0 Å². The molecule has 0 radical (unpaired) electrons. The van der Waals surface area contributed by atoms with Gasteiger partial charge in [-0.3, -0.25) is 9.59 Å². The predicted molar refractivity (Wildman–Crippen MR) is 78.9 cm³/mol. The van der Waals surface area contributed by atoms with Gasteiger partial charge in [-0.2, -0.15) is 0 Å². The van der Waals surface area contributed by atoms with Gasteiger partial charge in [0.15, 0.2) is 11.6 Å². The molecule has 0 aromatic carbocycles. The molecule has 1 heterocycles. The SMILES string of the molecule is C=C1C[C@]2(OC)OCC[C@@H]3C(C)=CC[C@H](C1=O)[C@@]32C(=O)OC. The maximum Gasteiger partial charge on any atom is 0.318 e. The first-order valence-electron chi connectivity index (χ1n) is 7.60. The molecule has 1 saturated heterocycles. The molecule has 120 valence electrons. The highest BCUT2D eigenvalue weighted by Gasteiger charge is 2.73. The minimum Gasteiger partial charge on any atom is -0.468 e. The standard InChI is InChI=1S/C17H22O5/c1-10-5-6-13-14(18)11(2)9-16(21-4)17(13,15(19)20-3)12(10)7-8-22-16/h5,12-13H,2,6-9H2,1,3-4H3/t12-,13-,16+,17-/m1/s1. The summed E-state index contributed by atoms with van der Waals surface area (Å²) in [5, 5.41) is 0. The van der Waals surface area contributed by atoms with E-state index in [1.165, 1.54) is 14.2 Å². The maximum atomic E-state index is 12.9. The van der Waals surface area contributed by atoms with E-state index in [2.05, 4.69) is 12.7 Å². The number of allylic oxidation sites excluding steroid dienone is 2. The smallest absolute Gasteiger partial charge is 0.318 e. The van der Waals surface area contributed by atoms with Gasteiger partial charge in [-0.05, 0) is 25.3 Å². The minimum absolute atomic E-state index is 0.0719. The molecule has 0 unspecified atom stereocenters. The van der Waals surface area contributed by atoms with E-state index in [-0.39, 0.29) is 18.1 Å². The number of rotatable bonds is 2. The average Bonchev–Trinajstić information content (AvgIpc) is 2.53. The van der Waals surface area contributed by atoms with Crippen molar-refractivity contribution < 1.29 is 23.8 Å². The summed E-state index contributed by atoms with van der Waals surface area (Å²) in [6.07, 6.45) is 3.43. The fourth-order valence-electron chi connectivity index (χ4n) is 4.72. The van der Waals surface area contributed by atoms with E-state index >= 15 is 0 Å². The van der Waals surface area contributed by atoms with Crippen LogP contribution in [-0.2, 0) is 23.8 Å². The first-order valence-corrected chi connectivity index (χ1v) is 7.60. The average molecular weight is 306 g/mol. The highest BCUT2D eigenvalue weighted by Crippen LogP contribution is 2.62. The third-order valence-electron chi connectivity index (χ3n) is 5.66. The van der Waals surface area contributed by atoms with Gasteiger partial charge in [0, 0.05) is 25.4 Å². The van der Waals surface area contributed by atoms with E-state index in [1.807, 2.05) is 6.92 Å². The summed E-state index contributed by atoms with van der Waals surface area (Å²) in [6, 6.07) is 0. The van der Waals surface area contributed by atoms with Crippen LogP contribution in [0.3, 0.4) is 0 Å². The van der Waals surface area contributed by atoms with Crippen molar-refractivity contribution in [1.29, 1.82) is 0 Å². The Morgan fingerprint density at radius 1 is 1.41 bits per heavy atom. The van der Waals surface area contributed by atoms with Crippen LogP contribution in [0.5, 0.6) is 0 Å². The summed E-state index contributed by atoms with van der Waals surface area (Å²) in [5.74, 6) is -2.30. The summed E-state index contributed by atoms with van der Waals surface area (Å²) in [6.45, 7) is 6.37. The quantitative estimate of drug-likeness (QED) is 0.444. The number of carbonyl (C=O) groups is 2. The monoisotopic (exact) mass is 306 g/mol. The Labute approximate surface area is 130 Å². The van der Waals surface area contributed by atoms with Crippen LogP contribution in [0.2, 0.25) is 0 Å². The predicted octanol–water partition coefficient (Wildman–Crippen LogP) is 2.02. The van der Waals surface area contributed by atoms with Crippen molar-refractivity contribution in [2.75, 3.05) is 20.8 Å². The van der Waals surface area contributed by atoms with Crippen molar-refractivity contribution in [3.63, 3.8) is 0 Å². The second-order valence-corrected chi connectivity index (χ2v) is 6.39. The van der Waals surface area contributed by atoms with Crippen molar-refractivity contribution in [2.45, 2.75) is 32.0 Å². The van der Waals surface area contributed by atoms with Crippen molar-refractivity contribution in [3.05, 3.63) is 23.8 Å². The van der Waals surface area contributed by atoms with Gasteiger partial charge in [0.1, 0.15) is 5.41 Å². The van der Waals surface area contributed by atoms with Crippen LogP contribution in [-0.4, -0.2) is 38.4 Å². The van der Waals surface area contributed by atoms with E-state index in [4.69, 9.17) is 14.2 Å². The zero-order chi connectivity index (χ0) is 16.1. The Morgan fingerprint density at radius 2 is 2.14 bits per heavy atom. The van der Waals surface area contributed by atoms with Crippen LogP contribution in [0.15, 0.2) is 23.8 Å². The number of methoxy groups -OCH3 is 2. The molecule has 4 atom stereocenters. The lowest BCUT2D eigenvalue weighted by molar-refractivity contribution is -0.331. The molecule has 5 nitrogen and oxygen atoms in total. The molecule has 1 saturated carbocycles. The number of ketones is 1. The second kappa shape index (κ2) is 5.03. The van der Waals surface area contributed by atoms with Gasteiger partial charge in [0.25, 0.3) is 0 Å². The normalized spacial score (nSPS) is 40.8. The molecule has 3 rings (SSSR count). The summed E-state index contributed by atoms with van der Waals surface area (Å²) < 4.78 is 16.9. The summed E-state index contributed by atoms with van der Waals surface area (Å²) in [5.41, 5.74) is 0.443. The van der Waals surface area contributed by atoms with Crippen LogP contribution in [0, 0.1) is 17.3 Å². The molecule has 0 bridgehead atoms. The van der Waals surface area contributed by atoms with Crippen molar-refractivity contribution in [3.8, 4) is 0 Å². The topological polar surface area (TPSA) is 61.8 Å². The molecule has 22 heavy (non-hydrogen) atoms. The Balaban J connectivity index is 2.30. The molecule has 2 aliphatic carbocycles. The van der Waals surface area contributed by atoms with Gasteiger partial charge in [-0.25, -0.2) is 0 Å². The van der Waals surface area contributed by atoms with Crippen molar-refractivity contribution in [1.82, 2.24) is 0 Å². The maximum absolute atomic E-state index is 12.9. The third-order valence-corrected chi connectivity index (χ3v) is 5.66. The van der Waals surface area contributed by atoms with E-state index in [0.717, 1.165) is 5.57 Å². The zero-order valence-corrected chi connectivity index (χ0v) is 13.3. The van der Waals surface area contributed by atoms with Gasteiger partial charge >= 0.3 is 5.97 Å². The molecular weight excluding hydrogens is 284 g/mol. The lowest BCUT2D eigenvalue weighted by Gasteiger charge is -2.60. The molecule has 5 heteroatoms. The van der Waals surface area contributed by atoms with Crippen LogP contribution in [0.1, 0.15) is 26.2 Å². The van der Waals surface area contributed by atoms with Crippen LogP contribution in [0.25, 0.3) is 0 Å². The highest BCUT2D eigenvalue weighted by molar-refractivity contribution is 6.03. The van der Waals surface area contributed by atoms with Crippen LogP contribution < -0.4 is 0 Å². The molecular formula is C17H22O5. The number of hydrogen-bond acceptors (Lipinski definition) is 5. The molecule has 0 amide bonds. The molecule has 0 spiro atoms. The number of ether oxygens (including phenoxy) is 3. The van der Waals surface area contributed by atoms with Gasteiger partial charge in [-0.15, -0.1) is 0 Å². The summed E-state index contributed by atoms with van der Waals surface area (Å²) in [4.78, 5) is 25.6.